The zero-order chi connectivity index (χ0) is 10.4. The predicted octanol–water partition coefficient (Wildman–Crippen LogP) is 2.17. The van der Waals surface area contributed by atoms with E-state index in [1.165, 1.54) is 32.2 Å². The van der Waals surface area contributed by atoms with Gasteiger partial charge in [-0.3, -0.25) is 0 Å². The Kier molecular flexibility index (Phi) is 4.90. The molecule has 1 unspecified atom stereocenters. The van der Waals surface area contributed by atoms with Gasteiger partial charge in [0.15, 0.2) is 0 Å². The Morgan fingerprint density at radius 3 is 2.43 bits per heavy atom. The fourth-order valence-electron chi connectivity index (χ4n) is 1.92. The first-order valence-corrected chi connectivity index (χ1v) is 5.98. The molecule has 0 aromatic rings. The van der Waals surface area contributed by atoms with Crippen molar-refractivity contribution in [2.45, 2.75) is 46.0 Å². The van der Waals surface area contributed by atoms with E-state index in [0.717, 1.165) is 18.9 Å². The molecule has 1 aliphatic rings. The number of hydrogen-bond acceptors (Lipinski definition) is 2. The number of aliphatic hydroxyl groups excluding tert-OH is 1. The summed E-state index contributed by atoms with van der Waals surface area (Å²) in [4.78, 5) is 0. The van der Waals surface area contributed by atoms with Gasteiger partial charge in [0.1, 0.15) is 0 Å². The fourth-order valence-corrected chi connectivity index (χ4v) is 1.92. The van der Waals surface area contributed by atoms with Crippen LogP contribution in [0, 0.1) is 11.3 Å². The minimum Gasteiger partial charge on any atom is -0.396 e. The molecule has 0 amide bonds. The molecule has 2 N–H and O–H groups in total. The molecule has 0 aromatic heterocycles. The van der Waals surface area contributed by atoms with E-state index in [-0.39, 0.29) is 0 Å². The molecule has 14 heavy (non-hydrogen) atoms. The van der Waals surface area contributed by atoms with E-state index in [1.807, 2.05) is 0 Å². The topological polar surface area (TPSA) is 32.3 Å². The van der Waals surface area contributed by atoms with E-state index in [9.17, 15) is 0 Å². The first-order chi connectivity index (χ1) is 6.67. The molecule has 0 heterocycles. The molecule has 0 aliphatic heterocycles. The zero-order valence-electron chi connectivity index (χ0n) is 9.68. The van der Waals surface area contributed by atoms with Crippen LogP contribution in [-0.4, -0.2) is 24.8 Å². The Bertz CT molecular complexity index is 156. The summed E-state index contributed by atoms with van der Waals surface area (Å²) in [6, 6.07) is 0. The van der Waals surface area contributed by atoms with Crippen molar-refractivity contribution < 1.29 is 5.11 Å². The van der Waals surface area contributed by atoms with E-state index in [2.05, 4.69) is 19.2 Å². The second-order valence-electron chi connectivity index (χ2n) is 5.23. The SMILES string of the molecule is CC1(C)CC1CNCCCCCCO. The molecule has 1 fully saturated rings. The molecule has 1 rings (SSSR count). The van der Waals surface area contributed by atoms with Gasteiger partial charge in [-0.25, -0.2) is 0 Å². The normalized spacial score (nSPS) is 23.8. The monoisotopic (exact) mass is 199 g/mol. The number of nitrogens with one attached hydrogen (secondary N) is 1. The Labute approximate surface area is 88.1 Å². The predicted molar refractivity (Wildman–Crippen MR) is 60.3 cm³/mol. The van der Waals surface area contributed by atoms with E-state index in [0.29, 0.717) is 12.0 Å². The lowest BCUT2D eigenvalue weighted by molar-refractivity contribution is 0.282. The quantitative estimate of drug-likeness (QED) is 0.587. The van der Waals surface area contributed by atoms with Gasteiger partial charge in [-0.05, 0) is 43.7 Å². The fraction of sp³-hybridized carbons (Fsp3) is 1.00. The van der Waals surface area contributed by atoms with Gasteiger partial charge >= 0.3 is 0 Å². The lowest BCUT2D eigenvalue weighted by atomic mass is 10.1. The van der Waals surface area contributed by atoms with Crippen LogP contribution in [0.3, 0.4) is 0 Å². The van der Waals surface area contributed by atoms with E-state index in [4.69, 9.17) is 5.11 Å². The molecule has 0 radical (unpaired) electrons. The maximum Gasteiger partial charge on any atom is 0.0431 e. The third-order valence-corrected chi connectivity index (χ3v) is 3.37. The van der Waals surface area contributed by atoms with Crippen LogP contribution in [0.25, 0.3) is 0 Å². The van der Waals surface area contributed by atoms with Crippen LogP contribution < -0.4 is 5.32 Å². The van der Waals surface area contributed by atoms with Crippen molar-refractivity contribution in [1.29, 1.82) is 0 Å². The first-order valence-electron chi connectivity index (χ1n) is 5.98. The third-order valence-electron chi connectivity index (χ3n) is 3.37. The Morgan fingerprint density at radius 2 is 1.86 bits per heavy atom. The van der Waals surface area contributed by atoms with Gasteiger partial charge in [-0.1, -0.05) is 26.7 Å². The number of unbranched alkanes of at least 4 members (excludes halogenated alkanes) is 3. The molecule has 1 saturated carbocycles. The Hall–Kier alpha value is -0.0800. The molecule has 0 bridgehead atoms. The van der Waals surface area contributed by atoms with Crippen molar-refractivity contribution >= 4 is 0 Å². The highest BCUT2D eigenvalue weighted by Crippen LogP contribution is 2.50. The highest BCUT2D eigenvalue weighted by molar-refractivity contribution is 4.95. The molecule has 84 valence electrons. The largest absolute Gasteiger partial charge is 0.396 e. The van der Waals surface area contributed by atoms with Crippen LogP contribution in [0.5, 0.6) is 0 Å². The lowest BCUT2D eigenvalue weighted by Gasteiger charge is -2.05. The smallest absolute Gasteiger partial charge is 0.0431 e. The van der Waals surface area contributed by atoms with Gasteiger partial charge in [0.2, 0.25) is 0 Å². The summed E-state index contributed by atoms with van der Waals surface area (Å²) in [5.41, 5.74) is 0.615. The molecular formula is C12H25NO. The molecule has 0 aromatic carbocycles. The van der Waals surface area contributed by atoms with Gasteiger partial charge in [0.25, 0.3) is 0 Å². The zero-order valence-corrected chi connectivity index (χ0v) is 9.68. The number of rotatable bonds is 8. The molecule has 1 atom stereocenters. The van der Waals surface area contributed by atoms with Gasteiger partial charge in [0, 0.05) is 6.61 Å². The van der Waals surface area contributed by atoms with Crippen LogP contribution in [0.1, 0.15) is 46.0 Å². The minimum absolute atomic E-state index is 0.351. The Morgan fingerprint density at radius 1 is 1.21 bits per heavy atom. The molecular weight excluding hydrogens is 174 g/mol. The lowest BCUT2D eigenvalue weighted by Crippen LogP contribution is -2.19. The molecule has 2 heteroatoms. The summed E-state index contributed by atoms with van der Waals surface area (Å²) in [6.45, 7) is 7.40. The third kappa shape index (κ3) is 4.43. The average molecular weight is 199 g/mol. The van der Waals surface area contributed by atoms with E-state index < -0.39 is 0 Å². The summed E-state index contributed by atoms with van der Waals surface area (Å²) in [6.07, 6.45) is 6.04. The second-order valence-corrected chi connectivity index (χ2v) is 5.23. The first kappa shape index (κ1) is 12.0. The summed E-state index contributed by atoms with van der Waals surface area (Å²) >= 11 is 0. The summed E-state index contributed by atoms with van der Waals surface area (Å²) in [5.74, 6) is 0.917. The standard InChI is InChI=1S/C12H25NO/c1-12(2)9-11(12)10-13-7-5-3-4-6-8-14/h11,13-14H,3-10H2,1-2H3. The van der Waals surface area contributed by atoms with Gasteiger partial charge in [0.05, 0.1) is 0 Å². The van der Waals surface area contributed by atoms with Crippen molar-refractivity contribution in [3.8, 4) is 0 Å². The van der Waals surface area contributed by atoms with Gasteiger partial charge < -0.3 is 10.4 Å². The molecule has 0 saturated heterocycles. The molecule has 0 spiro atoms. The molecule has 2 nitrogen and oxygen atoms in total. The van der Waals surface area contributed by atoms with E-state index in [1.54, 1.807) is 0 Å². The van der Waals surface area contributed by atoms with Crippen molar-refractivity contribution in [1.82, 2.24) is 5.32 Å². The Balaban J connectivity index is 1.77. The van der Waals surface area contributed by atoms with Crippen molar-refractivity contribution in [2.75, 3.05) is 19.7 Å². The highest BCUT2D eigenvalue weighted by Gasteiger charge is 2.44. The van der Waals surface area contributed by atoms with E-state index >= 15 is 0 Å². The van der Waals surface area contributed by atoms with Crippen LogP contribution in [0.4, 0.5) is 0 Å². The van der Waals surface area contributed by atoms with Gasteiger partial charge in [-0.2, -0.15) is 0 Å². The number of hydrogen-bond donors (Lipinski definition) is 2. The highest BCUT2D eigenvalue weighted by atomic mass is 16.2. The molecule has 1 aliphatic carbocycles. The summed E-state index contributed by atoms with van der Waals surface area (Å²) < 4.78 is 0. The maximum atomic E-state index is 8.59. The van der Waals surface area contributed by atoms with Crippen LogP contribution in [0.15, 0.2) is 0 Å². The van der Waals surface area contributed by atoms with Crippen molar-refractivity contribution in [3.05, 3.63) is 0 Å². The maximum absolute atomic E-state index is 8.59. The van der Waals surface area contributed by atoms with Crippen LogP contribution >= 0.6 is 0 Å². The van der Waals surface area contributed by atoms with Crippen molar-refractivity contribution in [2.24, 2.45) is 11.3 Å². The van der Waals surface area contributed by atoms with Gasteiger partial charge in [-0.15, -0.1) is 0 Å². The minimum atomic E-state index is 0.351. The summed E-state index contributed by atoms with van der Waals surface area (Å²) in [7, 11) is 0. The van der Waals surface area contributed by atoms with Crippen LogP contribution in [-0.2, 0) is 0 Å². The second kappa shape index (κ2) is 5.72. The van der Waals surface area contributed by atoms with Crippen molar-refractivity contribution in [3.63, 3.8) is 0 Å². The summed E-state index contributed by atoms with van der Waals surface area (Å²) in [5, 5.41) is 12.1. The average Bonchev–Trinajstić information content (AvgIpc) is 2.73. The van der Waals surface area contributed by atoms with Crippen LogP contribution in [0.2, 0.25) is 0 Å². The number of aliphatic hydroxyl groups is 1.